The number of aryl methyl sites for hydroxylation is 1. The average molecular weight is 301 g/mol. The Labute approximate surface area is 131 Å². The molecule has 0 bridgehead atoms. The maximum atomic E-state index is 12.5. The third-order valence-electron chi connectivity index (χ3n) is 3.59. The number of rotatable bonds is 2. The lowest BCUT2D eigenvalue weighted by molar-refractivity contribution is 0.0660. The molecule has 2 heterocycles. The van der Waals surface area contributed by atoms with Crippen LogP contribution < -0.4 is 0 Å². The minimum absolute atomic E-state index is 0.121. The average Bonchev–Trinajstić information content (AvgIpc) is 2.68. The quantitative estimate of drug-likeness (QED) is 0.826. The van der Waals surface area contributed by atoms with E-state index in [0.717, 1.165) is 12.1 Å². The first kappa shape index (κ1) is 16.5. The van der Waals surface area contributed by atoms with Gasteiger partial charge >= 0.3 is 0 Å². The van der Waals surface area contributed by atoms with Crippen molar-refractivity contribution in [3.63, 3.8) is 0 Å². The number of carbonyl (C=O) groups is 1. The smallest absolute Gasteiger partial charge is 0.272 e. The third-order valence-corrected chi connectivity index (χ3v) is 3.59. The predicted octanol–water partition coefficient (Wildman–Crippen LogP) is 0.922. The molecule has 1 fully saturated rings. The number of aromatic nitrogens is 1. The summed E-state index contributed by atoms with van der Waals surface area (Å²) >= 11 is 0. The zero-order chi connectivity index (χ0) is 15.9. The lowest BCUT2D eigenvalue weighted by Gasteiger charge is -2.21. The highest BCUT2D eigenvalue weighted by molar-refractivity contribution is 5.92. The van der Waals surface area contributed by atoms with E-state index in [1.807, 2.05) is 26.0 Å². The number of hydrogen-bond donors (Lipinski definition) is 1. The van der Waals surface area contributed by atoms with Gasteiger partial charge in [-0.2, -0.15) is 0 Å². The molecule has 22 heavy (non-hydrogen) atoms. The molecule has 0 saturated carbocycles. The summed E-state index contributed by atoms with van der Waals surface area (Å²) in [5, 5.41) is 10.1. The van der Waals surface area contributed by atoms with Crippen LogP contribution in [-0.2, 0) is 0 Å². The second kappa shape index (κ2) is 7.92. The number of nitrogens with zero attached hydrogens (tertiary/aromatic N) is 3. The first-order chi connectivity index (χ1) is 10.6. The molecule has 1 amide bonds. The van der Waals surface area contributed by atoms with E-state index in [2.05, 4.69) is 21.7 Å². The summed E-state index contributed by atoms with van der Waals surface area (Å²) in [6.45, 7) is 6.69. The van der Waals surface area contributed by atoms with E-state index in [-0.39, 0.29) is 5.91 Å². The van der Waals surface area contributed by atoms with Gasteiger partial charge in [-0.05, 0) is 19.1 Å². The van der Waals surface area contributed by atoms with Crippen LogP contribution >= 0.6 is 0 Å². The van der Waals surface area contributed by atoms with Crippen molar-refractivity contribution in [2.24, 2.45) is 0 Å². The van der Waals surface area contributed by atoms with Crippen LogP contribution in [0.1, 0.15) is 29.5 Å². The largest absolute Gasteiger partial charge is 0.390 e. The van der Waals surface area contributed by atoms with Crippen molar-refractivity contribution in [3.8, 4) is 11.8 Å². The summed E-state index contributed by atoms with van der Waals surface area (Å²) in [6.07, 6.45) is 0.278. The molecule has 1 aromatic rings. The molecule has 1 atom stereocenters. The fraction of sp³-hybridized carbons (Fsp3) is 0.529. The van der Waals surface area contributed by atoms with E-state index in [4.69, 9.17) is 0 Å². The molecule has 1 saturated heterocycles. The van der Waals surface area contributed by atoms with Gasteiger partial charge in [-0.3, -0.25) is 9.69 Å². The van der Waals surface area contributed by atoms with Crippen LogP contribution in [0.5, 0.6) is 0 Å². The van der Waals surface area contributed by atoms with E-state index in [0.29, 0.717) is 38.4 Å². The van der Waals surface area contributed by atoms with E-state index < -0.39 is 6.10 Å². The SMILES string of the molecule is CCC#CCN1CCN(C(=O)c2cccc(C)n2)C[C@@H](O)C1. The molecule has 0 radical (unpaired) electrons. The molecule has 0 aromatic carbocycles. The van der Waals surface area contributed by atoms with Gasteiger partial charge in [0.2, 0.25) is 0 Å². The van der Waals surface area contributed by atoms with Gasteiger partial charge in [0.25, 0.3) is 5.91 Å². The number of β-amino-alcohol motifs (C(OH)–C–C–N with tert-alkyl or cyclic N) is 1. The highest BCUT2D eigenvalue weighted by Crippen LogP contribution is 2.09. The monoisotopic (exact) mass is 301 g/mol. The minimum Gasteiger partial charge on any atom is -0.390 e. The highest BCUT2D eigenvalue weighted by Gasteiger charge is 2.25. The standard InChI is InChI=1S/C17H23N3O2/c1-3-4-5-9-19-10-11-20(13-15(21)12-19)17(22)16-8-6-7-14(2)18-16/h6-8,15,21H,3,9-13H2,1-2H3/t15-/m0/s1. The molecule has 5 nitrogen and oxygen atoms in total. The first-order valence-electron chi connectivity index (χ1n) is 7.69. The van der Waals surface area contributed by atoms with Gasteiger partial charge in [-0.25, -0.2) is 4.98 Å². The number of aliphatic hydroxyl groups excluding tert-OH is 1. The van der Waals surface area contributed by atoms with Crippen molar-refractivity contribution in [2.45, 2.75) is 26.4 Å². The number of pyridine rings is 1. The molecule has 5 heteroatoms. The van der Waals surface area contributed by atoms with Gasteiger partial charge in [0.15, 0.2) is 0 Å². The van der Waals surface area contributed by atoms with Crippen molar-refractivity contribution >= 4 is 5.91 Å². The Kier molecular flexibility index (Phi) is 5.93. The van der Waals surface area contributed by atoms with E-state index in [1.165, 1.54) is 0 Å². The maximum Gasteiger partial charge on any atom is 0.272 e. The third kappa shape index (κ3) is 4.55. The van der Waals surface area contributed by atoms with Crippen LogP contribution in [0.25, 0.3) is 0 Å². The lowest BCUT2D eigenvalue weighted by atomic mass is 10.2. The Morgan fingerprint density at radius 3 is 2.91 bits per heavy atom. The molecule has 118 valence electrons. The number of amides is 1. The second-order valence-corrected chi connectivity index (χ2v) is 5.51. The van der Waals surface area contributed by atoms with Crippen molar-refractivity contribution in [3.05, 3.63) is 29.6 Å². The summed E-state index contributed by atoms with van der Waals surface area (Å²) in [4.78, 5) is 20.6. The molecule has 2 rings (SSSR count). The Balaban J connectivity index is 2.02. The Morgan fingerprint density at radius 2 is 2.18 bits per heavy atom. The van der Waals surface area contributed by atoms with Crippen LogP contribution in [-0.4, -0.2) is 64.6 Å². The van der Waals surface area contributed by atoms with E-state index in [1.54, 1.807) is 11.0 Å². The zero-order valence-corrected chi connectivity index (χ0v) is 13.2. The van der Waals surface area contributed by atoms with Gasteiger partial charge in [-0.1, -0.05) is 18.9 Å². The van der Waals surface area contributed by atoms with Crippen LogP contribution in [0.2, 0.25) is 0 Å². The summed E-state index contributed by atoms with van der Waals surface area (Å²) in [5.41, 5.74) is 1.25. The normalized spacial score (nSPS) is 19.2. The molecule has 1 aliphatic rings. The molecule has 1 aromatic heterocycles. The van der Waals surface area contributed by atoms with E-state index >= 15 is 0 Å². The van der Waals surface area contributed by atoms with Crippen molar-refractivity contribution in [1.82, 2.24) is 14.8 Å². The van der Waals surface area contributed by atoms with Gasteiger partial charge in [0, 0.05) is 38.3 Å². The maximum absolute atomic E-state index is 12.5. The Bertz CT molecular complexity index is 577. The fourth-order valence-corrected chi connectivity index (χ4v) is 2.50. The Morgan fingerprint density at radius 1 is 1.36 bits per heavy atom. The fourth-order valence-electron chi connectivity index (χ4n) is 2.50. The van der Waals surface area contributed by atoms with Gasteiger partial charge < -0.3 is 10.0 Å². The van der Waals surface area contributed by atoms with Crippen molar-refractivity contribution in [2.75, 3.05) is 32.7 Å². The second-order valence-electron chi connectivity index (χ2n) is 5.51. The van der Waals surface area contributed by atoms with E-state index in [9.17, 15) is 9.90 Å². The van der Waals surface area contributed by atoms with Crippen LogP contribution in [0.4, 0.5) is 0 Å². The lowest BCUT2D eigenvalue weighted by Crippen LogP contribution is -2.38. The summed E-state index contributed by atoms with van der Waals surface area (Å²) in [5.74, 6) is 6.00. The summed E-state index contributed by atoms with van der Waals surface area (Å²) < 4.78 is 0. The van der Waals surface area contributed by atoms with Crippen molar-refractivity contribution in [1.29, 1.82) is 0 Å². The molecular formula is C17H23N3O2. The number of carbonyl (C=O) groups excluding carboxylic acids is 1. The van der Waals surface area contributed by atoms with Crippen molar-refractivity contribution < 1.29 is 9.90 Å². The topological polar surface area (TPSA) is 56.7 Å². The predicted molar refractivity (Wildman–Crippen MR) is 85.4 cm³/mol. The van der Waals surface area contributed by atoms with Crippen LogP contribution in [0.15, 0.2) is 18.2 Å². The number of hydrogen-bond acceptors (Lipinski definition) is 4. The molecule has 1 aliphatic heterocycles. The molecular weight excluding hydrogens is 278 g/mol. The van der Waals surface area contributed by atoms with Gasteiger partial charge in [0.1, 0.15) is 5.69 Å². The van der Waals surface area contributed by atoms with Crippen LogP contribution in [0, 0.1) is 18.8 Å². The van der Waals surface area contributed by atoms with Gasteiger partial charge in [-0.15, -0.1) is 5.92 Å². The molecule has 1 N–H and O–H groups in total. The Hall–Kier alpha value is -1.90. The number of aliphatic hydroxyl groups is 1. The zero-order valence-electron chi connectivity index (χ0n) is 13.2. The summed E-state index contributed by atoms with van der Waals surface area (Å²) in [6, 6.07) is 5.41. The summed E-state index contributed by atoms with van der Waals surface area (Å²) in [7, 11) is 0. The molecule has 0 unspecified atom stereocenters. The van der Waals surface area contributed by atoms with Crippen LogP contribution in [0.3, 0.4) is 0 Å². The molecule has 0 spiro atoms. The van der Waals surface area contributed by atoms with Gasteiger partial charge in [0.05, 0.1) is 12.6 Å². The highest BCUT2D eigenvalue weighted by atomic mass is 16.3. The first-order valence-corrected chi connectivity index (χ1v) is 7.69. The minimum atomic E-state index is -0.556. The molecule has 0 aliphatic carbocycles.